The largest absolute Gasteiger partial charge is 0.481 e. The molecule has 20 heavy (non-hydrogen) atoms. The van der Waals surface area contributed by atoms with Crippen LogP contribution in [0.5, 0.6) is 0 Å². The second kappa shape index (κ2) is 6.14. The van der Waals surface area contributed by atoms with Crippen LogP contribution in [0.4, 0.5) is 11.5 Å². The maximum absolute atomic E-state index is 11.1. The summed E-state index contributed by atoms with van der Waals surface area (Å²) in [7, 11) is 0. The lowest BCUT2D eigenvalue weighted by Crippen LogP contribution is -2.47. The van der Waals surface area contributed by atoms with Gasteiger partial charge in [0.1, 0.15) is 0 Å². The predicted molar refractivity (Wildman–Crippen MR) is 72.8 cm³/mol. The SMILES string of the molecule is O=C(O)CC1COCCN1c1ncc(Br)cc1[N+](=O)[O-]. The molecule has 1 aliphatic rings. The van der Waals surface area contributed by atoms with E-state index >= 15 is 0 Å². The van der Waals surface area contributed by atoms with Crippen molar-refractivity contribution in [3.05, 3.63) is 26.9 Å². The molecule has 1 N–H and O–H groups in total. The fourth-order valence-electron chi connectivity index (χ4n) is 2.08. The van der Waals surface area contributed by atoms with Gasteiger partial charge in [-0.25, -0.2) is 4.98 Å². The highest BCUT2D eigenvalue weighted by Crippen LogP contribution is 2.31. The lowest BCUT2D eigenvalue weighted by Gasteiger charge is -2.35. The van der Waals surface area contributed by atoms with Gasteiger partial charge in [0, 0.05) is 23.3 Å². The number of nitrogens with zero attached hydrogens (tertiary/aromatic N) is 3. The minimum atomic E-state index is -0.981. The van der Waals surface area contributed by atoms with Crippen molar-refractivity contribution in [1.82, 2.24) is 4.98 Å². The molecule has 1 unspecified atom stereocenters. The lowest BCUT2D eigenvalue weighted by atomic mass is 10.1. The van der Waals surface area contributed by atoms with Gasteiger partial charge >= 0.3 is 11.7 Å². The van der Waals surface area contributed by atoms with Gasteiger partial charge in [0.05, 0.1) is 30.6 Å². The van der Waals surface area contributed by atoms with E-state index in [9.17, 15) is 14.9 Å². The summed E-state index contributed by atoms with van der Waals surface area (Å²) in [5.41, 5.74) is -0.156. The Labute approximate surface area is 122 Å². The summed E-state index contributed by atoms with van der Waals surface area (Å²) in [4.78, 5) is 27.2. The lowest BCUT2D eigenvalue weighted by molar-refractivity contribution is -0.384. The summed E-state index contributed by atoms with van der Waals surface area (Å²) in [6.07, 6.45) is 1.30. The molecule has 8 nitrogen and oxygen atoms in total. The molecule has 0 amide bonds. The molecule has 0 bridgehead atoms. The Hall–Kier alpha value is -1.74. The van der Waals surface area contributed by atoms with Crippen LogP contribution in [0.3, 0.4) is 0 Å². The van der Waals surface area contributed by atoms with Gasteiger partial charge < -0.3 is 14.7 Å². The number of aromatic nitrogens is 1. The number of halogens is 1. The minimum Gasteiger partial charge on any atom is -0.481 e. The molecule has 1 aromatic heterocycles. The van der Waals surface area contributed by atoms with Crippen molar-refractivity contribution in [2.75, 3.05) is 24.7 Å². The number of morpholine rings is 1. The van der Waals surface area contributed by atoms with Crippen molar-refractivity contribution >= 4 is 33.4 Å². The molecule has 0 radical (unpaired) electrons. The predicted octanol–water partition coefficient (Wildman–Crippen LogP) is 1.43. The standard InChI is InChI=1S/C11H12BrN3O5/c12-7-3-9(15(18)19)11(13-5-7)14-1-2-20-6-8(14)4-10(16)17/h3,5,8H,1-2,4,6H2,(H,16,17). The molecule has 9 heteroatoms. The number of carbonyl (C=O) groups is 1. The van der Waals surface area contributed by atoms with Crippen LogP contribution >= 0.6 is 15.9 Å². The molecule has 1 aromatic rings. The summed E-state index contributed by atoms with van der Waals surface area (Å²) >= 11 is 3.14. The van der Waals surface area contributed by atoms with E-state index in [1.807, 2.05) is 0 Å². The maximum Gasteiger partial charge on any atom is 0.312 e. The van der Waals surface area contributed by atoms with Crippen molar-refractivity contribution in [3.63, 3.8) is 0 Å². The third-order valence-electron chi connectivity index (χ3n) is 2.92. The van der Waals surface area contributed by atoms with E-state index in [4.69, 9.17) is 9.84 Å². The van der Waals surface area contributed by atoms with Crippen molar-refractivity contribution in [2.45, 2.75) is 12.5 Å². The number of carboxylic acid groups (broad SMARTS) is 1. The molecule has 108 valence electrons. The second-order valence-electron chi connectivity index (χ2n) is 4.27. The quantitative estimate of drug-likeness (QED) is 0.649. The Morgan fingerprint density at radius 2 is 2.45 bits per heavy atom. The zero-order valence-corrected chi connectivity index (χ0v) is 11.9. The maximum atomic E-state index is 11.1. The van der Waals surface area contributed by atoms with Crippen LogP contribution in [0.15, 0.2) is 16.7 Å². The van der Waals surface area contributed by atoms with Gasteiger partial charge in [-0.2, -0.15) is 0 Å². The number of rotatable bonds is 4. The van der Waals surface area contributed by atoms with Crippen LogP contribution in [-0.4, -0.2) is 46.8 Å². The number of anilines is 1. The fraction of sp³-hybridized carbons (Fsp3) is 0.455. The number of hydrogen-bond acceptors (Lipinski definition) is 6. The number of ether oxygens (including phenoxy) is 1. The summed E-state index contributed by atoms with van der Waals surface area (Å²) in [6.45, 7) is 0.958. The zero-order valence-electron chi connectivity index (χ0n) is 10.4. The molecular weight excluding hydrogens is 334 g/mol. The van der Waals surface area contributed by atoms with Gasteiger partial charge in [0.15, 0.2) is 0 Å². The Bertz CT molecular complexity index is 539. The van der Waals surface area contributed by atoms with Gasteiger partial charge in [-0.05, 0) is 15.9 Å². The molecule has 0 spiro atoms. The Balaban J connectivity index is 2.36. The molecule has 2 heterocycles. The average Bonchev–Trinajstić information content (AvgIpc) is 2.39. The molecular formula is C11H12BrN3O5. The molecule has 2 rings (SSSR count). The number of hydrogen-bond donors (Lipinski definition) is 1. The highest BCUT2D eigenvalue weighted by molar-refractivity contribution is 9.10. The van der Waals surface area contributed by atoms with Crippen molar-refractivity contribution < 1.29 is 19.6 Å². The third kappa shape index (κ3) is 3.23. The van der Waals surface area contributed by atoms with Crippen molar-refractivity contribution in [1.29, 1.82) is 0 Å². The third-order valence-corrected chi connectivity index (χ3v) is 3.35. The van der Waals surface area contributed by atoms with Crippen LogP contribution in [0.1, 0.15) is 6.42 Å². The van der Waals surface area contributed by atoms with E-state index in [-0.39, 0.29) is 24.5 Å². The summed E-state index contributed by atoms with van der Waals surface area (Å²) in [5, 5.41) is 20.0. The van der Waals surface area contributed by atoms with Gasteiger partial charge in [0.2, 0.25) is 5.82 Å². The number of aliphatic carboxylic acids is 1. The van der Waals surface area contributed by atoms with Crippen LogP contribution in [0, 0.1) is 10.1 Å². The summed E-state index contributed by atoms with van der Waals surface area (Å²) in [6, 6.07) is 0.893. The second-order valence-corrected chi connectivity index (χ2v) is 5.19. The van der Waals surface area contributed by atoms with E-state index < -0.39 is 16.9 Å². The number of carboxylic acids is 1. The molecule has 1 aliphatic heterocycles. The van der Waals surface area contributed by atoms with Crippen molar-refractivity contribution in [2.24, 2.45) is 0 Å². The number of pyridine rings is 1. The summed E-state index contributed by atoms with van der Waals surface area (Å²) < 4.78 is 5.74. The van der Waals surface area contributed by atoms with E-state index in [1.54, 1.807) is 4.90 Å². The van der Waals surface area contributed by atoms with Crippen LogP contribution in [-0.2, 0) is 9.53 Å². The Kier molecular flexibility index (Phi) is 4.50. The van der Waals surface area contributed by atoms with E-state index in [2.05, 4.69) is 20.9 Å². The molecule has 0 aromatic carbocycles. The number of nitro groups is 1. The highest BCUT2D eigenvalue weighted by Gasteiger charge is 2.31. The van der Waals surface area contributed by atoms with Gasteiger partial charge in [-0.15, -0.1) is 0 Å². The van der Waals surface area contributed by atoms with E-state index in [0.29, 0.717) is 17.6 Å². The van der Waals surface area contributed by atoms with E-state index in [0.717, 1.165) is 0 Å². The van der Waals surface area contributed by atoms with Crippen LogP contribution in [0.2, 0.25) is 0 Å². The molecule has 1 fully saturated rings. The smallest absolute Gasteiger partial charge is 0.312 e. The monoisotopic (exact) mass is 345 g/mol. The van der Waals surface area contributed by atoms with Gasteiger partial charge in [-0.1, -0.05) is 0 Å². The molecule has 1 atom stereocenters. The zero-order chi connectivity index (χ0) is 14.7. The fourth-order valence-corrected chi connectivity index (χ4v) is 2.40. The van der Waals surface area contributed by atoms with Crippen LogP contribution < -0.4 is 4.90 Å². The Morgan fingerprint density at radius 3 is 3.10 bits per heavy atom. The molecule has 0 saturated carbocycles. The van der Waals surface area contributed by atoms with Gasteiger partial charge in [0.25, 0.3) is 0 Å². The first kappa shape index (κ1) is 14.7. The molecule has 1 saturated heterocycles. The highest BCUT2D eigenvalue weighted by atomic mass is 79.9. The van der Waals surface area contributed by atoms with Crippen molar-refractivity contribution in [3.8, 4) is 0 Å². The molecule has 0 aliphatic carbocycles. The van der Waals surface area contributed by atoms with Gasteiger partial charge in [-0.3, -0.25) is 14.9 Å². The van der Waals surface area contributed by atoms with Crippen LogP contribution in [0.25, 0.3) is 0 Å². The normalized spacial score (nSPS) is 18.9. The minimum absolute atomic E-state index is 0.156. The topological polar surface area (TPSA) is 106 Å². The Morgan fingerprint density at radius 1 is 1.70 bits per heavy atom. The first-order valence-electron chi connectivity index (χ1n) is 5.85. The van der Waals surface area contributed by atoms with E-state index in [1.165, 1.54) is 12.3 Å². The average molecular weight is 346 g/mol. The summed E-state index contributed by atoms with van der Waals surface area (Å²) in [5.74, 6) is -0.807. The first-order valence-corrected chi connectivity index (χ1v) is 6.64. The first-order chi connectivity index (χ1) is 9.49.